The molecule has 0 aliphatic heterocycles. The number of carbonyl (C=O) groups is 1. The molecule has 21 heavy (non-hydrogen) atoms. The van der Waals surface area contributed by atoms with Crippen molar-refractivity contribution in [2.75, 3.05) is 12.3 Å². The molecule has 1 aromatic carbocycles. The molecule has 110 valence electrons. The molecule has 0 fully saturated rings. The van der Waals surface area contributed by atoms with Gasteiger partial charge in [0.15, 0.2) is 0 Å². The van der Waals surface area contributed by atoms with E-state index < -0.39 is 5.82 Å². The minimum atomic E-state index is -0.601. The van der Waals surface area contributed by atoms with Gasteiger partial charge in [-0.25, -0.2) is 4.39 Å². The van der Waals surface area contributed by atoms with Crippen molar-refractivity contribution in [3.8, 4) is 0 Å². The van der Waals surface area contributed by atoms with Gasteiger partial charge in [-0.2, -0.15) is 0 Å². The van der Waals surface area contributed by atoms with Gasteiger partial charge < -0.3 is 10.6 Å². The summed E-state index contributed by atoms with van der Waals surface area (Å²) in [6.07, 6.45) is 0. The van der Waals surface area contributed by atoms with E-state index >= 15 is 0 Å². The first kappa shape index (κ1) is 15.0. The van der Waals surface area contributed by atoms with Crippen LogP contribution < -0.4 is 5.73 Å². The van der Waals surface area contributed by atoms with Gasteiger partial charge in [-0.15, -0.1) is 0 Å². The van der Waals surface area contributed by atoms with Crippen molar-refractivity contribution in [3.63, 3.8) is 0 Å². The quantitative estimate of drug-likeness (QED) is 0.880. The monoisotopic (exact) mass is 287 g/mol. The van der Waals surface area contributed by atoms with E-state index in [0.717, 1.165) is 17.5 Å². The van der Waals surface area contributed by atoms with E-state index in [1.54, 1.807) is 4.90 Å². The Kier molecular flexibility index (Phi) is 4.52. The van der Waals surface area contributed by atoms with Gasteiger partial charge in [0.2, 0.25) is 0 Å². The Morgan fingerprint density at radius 1 is 1.33 bits per heavy atom. The van der Waals surface area contributed by atoms with Crippen molar-refractivity contribution in [2.24, 2.45) is 0 Å². The lowest BCUT2D eigenvalue weighted by atomic mass is 10.1. The van der Waals surface area contributed by atoms with Crippen LogP contribution in [0.3, 0.4) is 0 Å². The number of anilines is 1. The molecule has 5 heteroatoms. The standard InChI is InChI=1S/C16H18FN3O/c1-3-20(10-13-6-4-5-11(2)19-13)16(21)14-8-7-12(18)9-15(14)17/h4-9H,3,10,18H2,1-2H3. The Morgan fingerprint density at radius 3 is 2.71 bits per heavy atom. The number of benzene rings is 1. The van der Waals surface area contributed by atoms with Crippen LogP contribution in [-0.2, 0) is 6.54 Å². The van der Waals surface area contributed by atoms with Crippen LogP contribution in [0.1, 0.15) is 28.7 Å². The highest BCUT2D eigenvalue weighted by Crippen LogP contribution is 2.15. The first-order valence-electron chi connectivity index (χ1n) is 6.78. The third-order valence-electron chi connectivity index (χ3n) is 3.19. The zero-order chi connectivity index (χ0) is 15.4. The molecule has 0 spiro atoms. The first-order chi connectivity index (χ1) is 10.0. The molecule has 1 heterocycles. The number of nitrogens with two attached hydrogens (primary N) is 1. The molecular weight excluding hydrogens is 269 g/mol. The number of amides is 1. The lowest BCUT2D eigenvalue weighted by molar-refractivity contribution is 0.0746. The second-order valence-corrected chi connectivity index (χ2v) is 4.83. The van der Waals surface area contributed by atoms with Crippen molar-refractivity contribution in [1.29, 1.82) is 0 Å². The van der Waals surface area contributed by atoms with E-state index in [-0.39, 0.29) is 11.5 Å². The fourth-order valence-electron chi connectivity index (χ4n) is 2.09. The van der Waals surface area contributed by atoms with Crippen LogP contribution in [0.5, 0.6) is 0 Å². The van der Waals surface area contributed by atoms with Gasteiger partial charge >= 0.3 is 0 Å². The molecule has 1 amide bonds. The van der Waals surface area contributed by atoms with Crippen molar-refractivity contribution in [2.45, 2.75) is 20.4 Å². The summed E-state index contributed by atoms with van der Waals surface area (Å²) in [6, 6.07) is 9.73. The van der Waals surface area contributed by atoms with Crippen LogP contribution in [0.15, 0.2) is 36.4 Å². The summed E-state index contributed by atoms with van der Waals surface area (Å²) in [5.74, 6) is -0.964. The van der Waals surface area contributed by atoms with E-state index in [9.17, 15) is 9.18 Å². The average Bonchev–Trinajstić information content (AvgIpc) is 2.44. The van der Waals surface area contributed by atoms with Crippen molar-refractivity contribution >= 4 is 11.6 Å². The molecule has 2 aromatic rings. The highest BCUT2D eigenvalue weighted by molar-refractivity contribution is 5.94. The maximum Gasteiger partial charge on any atom is 0.257 e. The van der Waals surface area contributed by atoms with Gasteiger partial charge in [-0.1, -0.05) is 6.07 Å². The number of hydrogen-bond acceptors (Lipinski definition) is 3. The first-order valence-corrected chi connectivity index (χ1v) is 6.78. The number of aryl methyl sites for hydroxylation is 1. The lowest BCUT2D eigenvalue weighted by Crippen LogP contribution is -2.31. The summed E-state index contributed by atoms with van der Waals surface area (Å²) in [4.78, 5) is 18.3. The summed E-state index contributed by atoms with van der Waals surface area (Å²) in [5.41, 5.74) is 7.49. The second-order valence-electron chi connectivity index (χ2n) is 4.83. The summed E-state index contributed by atoms with van der Waals surface area (Å²) in [5, 5.41) is 0. The van der Waals surface area contributed by atoms with E-state index in [2.05, 4.69) is 4.98 Å². The molecule has 0 unspecified atom stereocenters. The van der Waals surface area contributed by atoms with Crippen LogP contribution in [0.4, 0.5) is 10.1 Å². The van der Waals surface area contributed by atoms with Gasteiger partial charge in [0.05, 0.1) is 17.8 Å². The van der Waals surface area contributed by atoms with Gasteiger partial charge in [0, 0.05) is 17.9 Å². The third kappa shape index (κ3) is 3.56. The van der Waals surface area contributed by atoms with Crippen LogP contribution in [0.2, 0.25) is 0 Å². The van der Waals surface area contributed by atoms with Crippen molar-refractivity contribution < 1.29 is 9.18 Å². The summed E-state index contributed by atoms with van der Waals surface area (Å²) in [7, 11) is 0. The Labute approximate surface area is 123 Å². The summed E-state index contributed by atoms with van der Waals surface area (Å²) >= 11 is 0. The van der Waals surface area contributed by atoms with Crippen molar-refractivity contribution in [3.05, 3.63) is 59.2 Å². The number of rotatable bonds is 4. The lowest BCUT2D eigenvalue weighted by Gasteiger charge is -2.21. The Morgan fingerprint density at radius 2 is 2.10 bits per heavy atom. The minimum Gasteiger partial charge on any atom is -0.399 e. The topological polar surface area (TPSA) is 59.2 Å². The third-order valence-corrected chi connectivity index (χ3v) is 3.19. The van der Waals surface area contributed by atoms with Gasteiger partial charge in [-0.05, 0) is 44.2 Å². The number of nitrogen functional groups attached to an aromatic ring is 1. The Hall–Kier alpha value is -2.43. The molecule has 0 saturated heterocycles. The van der Waals surface area contributed by atoms with Gasteiger partial charge in [0.1, 0.15) is 5.82 Å². The molecular formula is C16H18FN3O. The van der Waals surface area contributed by atoms with Crippen LogP contribution in [-0.4, -0.2) is 22.3 Å². The SMILES string of the molecule is CCN(Cc1cccc(C)n1)C(=O)c1ccc(N)cc1F. The summed E-state index contributed by atoms with van der Waals surface area (Å²) < 4.78 is 13.9. The van der Waals surface area contributed by atoms with Crippen LogP contribution in [0.25, 0.3) is 0 Å². The Bertz CT molecular complexity index is 658. The molecule has 0 aliphatic carbocycles. The van der Waals surface area contributed by atoms with Gasteiger partial charge in [0.25, 0.3) is 5.91 Å². The highest BCUT2D eigenvalue weighted by atomic mass is 19.1. The smallest absolute Gasteiger partial charge is 0.257 e. The van der Waals surface area contributed by atoms with E-state index in [1.165, 1.54) is 12.1 Å². The molecule has 0 radical (unpaired) electrons. The van der Waals surface area contributed by atoms with E-state index in [1.807, 2.05) is 32.0 Å². The number of pyridine rings is 1. The predicted octanol–water partition coefficient (Wildman–Crippen LogP) is 2.77. The molecule has 0 bridgehead atoms. The summed E-state index contributed by atoms with van der Waals surface area (Å²) in [6.45, 7) is 4.56. The molecule has 0 atom stereocenters. The number of nitrogens with zero attached hydrogens (tertiary/aromatic N) is 2. The zero-order valence-electron chi connectivity index (χ0n) is 12.1. The average molecular weight is 287 g/mol. The molecule has 4 nitrogen and oxygen atoms in total. The van der Waals surface area contributed by atoms with E-state index in [0.29, 0.717) is 18.8 Å². The molecule has 2 N–H and O–H groups in total. The van der Waals surface area contributed by atoms with Crippen molar-refractivity contribution in [1.82, 2.24) is 9.88 Å². The molecule has 1 aromatic heterocycles. The fourth-order valence-corrected chi connectivity index (χ4v) is 2.09. The zero-order valence-corrected chi connectivity index (χ0v) is 12.1. The number of hydrogen-bond donors (Lipinski definition) is 1. The fraction of sp³-hybridized carbons (Fsp3) is 0.250. The number of carbonyl (C=O) groups excluding carboxylic acids is 1. The maximum atomic E-state index is 13.9. The second kappa shape index (κ2) is 6.35. The van der Waals surface area contributed by atoms with Crippen LogP contribution in [0, 0.1) is 12.7 Å². The van der Waals surface area contributed by atoms with Gasteiger partial charge in [-0.3, -0.25) is 9.78 Å². The molecule has 0 saturated carbocycles. The number of aromatic nitrogens is 1. The normalized spacial score (nSPS) is 10.4. The largest absolute Gasteiger partial charge is 0.399 e. The van der Waals surface area contributed by atoms with E-state index in [4.69, 9.17) is 5.73 Å². The highest BCUT2D eigenvalue weighted by Gasteiger charge is 2.18. The minimum absolute atomic E-state index is 0.0266. The Balaban J connectivity index is 2.22. The van der Waals surface area contributed by atoms with Crippen LogP contribution >= 0.6 is 0 Å². The molecule has 2 rings (SSSR count). The maximum absolute atomic E-state index is 13.9. The molecule has 0 aliphatic rings. The predicted molar refractivity (Wildman–Crippen MR) is 80.2 cm³/mol. The number of halogens is 1.